The molecule has 0 radical (unpaired) electrons. The predicted molar refractivity (Wildman–Crippen MR) is 232 cm³/mol. The number of aryl methyl sites for hydroxylation is 1. The summed E-state index contributed by atoms with van der Waals surface area (Å²) in [7, 11) is 0. The number of aliphatic imine (C=N–C) groups is 2. The maximum Gasteiger partial charge on any atom is 0.163 e. The van der Waals surface area contributed by atoms with Crippen LogP contribution in [-0.2, 0) is 6.42 Å². The van der Waals surface area contributed by atoms with Gasteiger partial charge in [-0.05, 0) is 99.6 Å². The average Bonchev–Trinajstić information content (AvgIpc) is 3.80. The van der Waals surface area contributed by atoms with E-state index in [0.717, 1.165) is 79.4 Å². The average molecular weight is 719 g/mol. The molecule has 0 saturated carbocycles. The van der Waals surface area contributed by atoms with Crippen molar-refractivity contribution < 1.29 is 4.42 Å². The monoisotopic (exact) mass is 718 g/mol. The lowest BCUT2D eigenvalue weighted by Gasteiger charge is -2.24. The first-order chi connectivity index (χ1) is 27.7. The van der Waals surface area contributed by atoms with Gasteiger partial charge in [-0.2, -0.15) is 0 Å². The van der Waals surface area contributed by atoms with Crippen molar-refractivity contribution in [3.05, 3.63) is 192 Å². The molecule has 2 aliphatic rings. The van der Waals surface area contributed by atoms with E-state index in [1.807, 2.05) is 0 Å². The van der Waals surface area contributed by atoms with Gasteiger partial charge in [0.15, 0.2) is 5.84 Å². The van der Waals surface area contributed by atoms with Gasteiger partial charge in [-0.25, -0.2) is 9.98 Å². The third kappa shape index (κ3) is 4.80. The van der Waals surface area contributed by atoms with Gasteiger partial charge < -0.3 is 14.3 Å². The zero-order valence-electron chi connectivity index (χ0n) is 30.4. The Morgan fingerprint density at radius 1 is 0.625 bits per heavy atom. The zero-order valence-corrected chi connectivity index (χ0v) is 30.4. The van der Waals surface area contributed by atoms with Crippen LogP contribution in [0.4, 0.5) is 0 Å². The quantitative estimate of drug-likeness (QED) is 0.197. The molecule has 5 heteroatoms. The van der Waals surface area contributed by atoms with Crippen LogP contribution in [0.1, 0.15) is 40.4 Å². The second kappa shape index (κ2) is 12.1. The van der Waals surface area contributed by atoms with Crippen LogP contribution in [0.2, 0.25) is 0 Å². The van der Waals surface area contributed by atoms with E-state index in [2.05, 4.69) is 180 Å². The van der Waals surface area contributed by atoms with Crippen LogP contribution in [0, 0.1) is 0 Å². The van der Waals surface area contributed by atoms with Crippen LogP contribution < -0.4 is 5.32 Å². The molecule has 1 N–H and O–H groups in total. The van der Waals surface area contributed by atoms with Crippen molar-refractivity contribution in [3.63, 3.8) is 0 Å². The Hall–Kier alpha value is -7.24. The maximum absolute atomic E-state index is 7.06. The predicted octanol–water partition coefficient (Wildman–Crippen LogP) is 12.4. The molecule has 10 aromatic rings. The van der Waals surface area contributed by atoms with E-state index in [9.17, 15) is 0 Å². The molecule has 0 bridgehead atoms. The molecule has 56 heavy (non-hydrogen) atoms. The molecule has 0 amide bonds. The number of hydrogen-bond acceptors (Lipinski definition) is 4. The largest absolute Gasteiger partial charge is 0.455 e. The summed E-state index contributed by atoms with van der Waals surface area (Å²) in [6.07, 6.45) is 6.18. The van der Waals surface area contributed by atoms with Crippen LogP contribution >= 0.6 is 0 Å². The first kappa shape index (κ1) is 31.1. The van der Waals surface area contributed by atoms with Crippen LogP contribution in [0.3, 0.4) is 0 Å². The van der Waals surface area contributed by atoms with Gasteiger partial charge in [0.1, 0.15) is 23.2 Å². The Morgan fingerprint density at radius 2 is 1.32 bits per heavy atom. The zero-order chi connectivity index (χ0) is 36.7. The lowest BCUT2D eigenvalue weighted by atomic mass is 9.95. The van der Waals surface area contributed by atoms with Crippen molar-refractivity contribution in [2.24, 2.45) is 9.98 Å². The summed E-state index contributed by atoms with van der Waals surface area (Å²) in [6.45, 7) is 0. The highest BCUT2D eigenvalue weighted by Crippen LogP contribution is 2.42. The summed E-state index contributed by atoms with van der Waals surface area (Å²) in [5.41, 5.74) is 10.5. The molecule has 0 spiro atoms. The number of furan rings is 1. The van der Waals surface area contributed by atoms with E-state index >= 15 is 0 Å². The summed E-state index contributed by atoms with van der Waals surface area (Å²) in [5, 5.41) is 13.0. The lowest BCUT2D eigenvalue weighted by molar-refractivity contribution is 0.662. The molecule has 2 aromatic heterocycles. The van der Waals surface area contributed by atoms with E-state index < -0.39 is 0 Å². The maximum atomic E-state index is 7.06. The number of nitrogens with zero attached hydrogens (tertiary/aromatic N) is 3. The minimum absolute atomic E-state index is 0.373. The Morgan fingerprint density at radius 3 is 2.11 bits per heavy atom. The fourth-order valence-corrected chi connectivity index (χ4v) is 8.93. The van der Waals surface area contributed by atoms with Crippen LogP contribution in [-0.4, -0.2) is 16.2 Å². The number of allylic oxidation sites excluding steroid dienone is 1. The summed E-state index contributed by atoms with van der Waals surface area (Å²) in [4.78, 5) is 10.7. The van der Waals surface area contributed by atoms with Crippen molar-refractivity contribution in [2.45, 2.75) is 19.0 Å². The highest BCUT2D eigenvalue weighted by atomic mass is 16.3. The van der Waals surface area contributed by atoms with Crippen molar-refractivity contribution in [1.82, 2.24) is 9.88 Å². The van der Waals surface area contributed by atoms with Crippen LogP contribution in [0.15, 0.2) is 178 Å². The van der Waals surface area contributed by atoms with Gasteiger partial charge in [0.2, 0.25) is 0 Å². The molecule has 5 nitrogen and oxygen atoms in total. The molecule has 8 aromatic carbocycles. The normalized spacial score (nSPS) is 15.5. The van der Waals surface area contributed by atoms with E-state index in [1.54, 1.807) is 0 Å². The first-order valence-electron chi connectivity index (χ1n) is 19.3. The highest BCUT2D eigenvalue weighted by Gasteiger charge is 2.27. The van der Waals surface area contributed by atoms with Gasteiger partial charge in [-0.15, -0.1) is 0 Å². The van der Waals surface area contributed by atoms with Crippen molar-refractivity contribution >= 4 is 83.0 Å². The van der Waals surface area contributed by atoms with Gasteiger partial charge in [-0.1, -0.05) is 121 Å². The molecule has 12 rings (SSSR count). The number of benzene rings is 8. The van der Waals surface area contributed by atoms with Crippen molar-refractivity contribution in [3.8, 4) is 5.69 Å². The Balaban J connectivity index is 1.13. The van der Waals surface area contributed by atoms with Crippen LogP contribution in [0.5, 0.6) is 0 Å². The highest BCUT2D eigenvalue weighted by molar-refractivity contribution is 6.22. The SMILES string of the molecule is C1=Cc2cc3c(cc2CC1)oc1c(C2=NC(c4ccc5ccccc5c4)NC(c4ccc5ccccc5c4)=N2)ccc(-n2c4ccccc4c4ccccc42)c13. The Labute approximate surface area is 322 Å². The van der Waals surface area contributed by atoms with E-state index in [-0.39, 0.29) is 6.17 Å². The molecule has 0 saturated heterocycles. The number of para-hydroxylation sites is 2. The van der Waals surface area contributed by atoms with Gasteiger partial charge in [-0.3, -0.25) is 0 Å². The smallest absolute Gasteiger partial charge is 0.163 e. The van der Waals surface area contributed by atoms with Gasteiger partial charge in [0.05, 0.1) is 27.7 Å². The number of amidine groups is 2. The number of nitrogens with one attached hydrogen (secondary N) is 1. The fraction of sp³-hybridized carbons (Fsp3) is 0.0588. The second-order valence-corrected chi connectivity index (χ2v) is 14.9. The molecular weight excluding hydrogens is 685 g/mol. The summed E-state index contributed by atoms with van der Waals surface area (Å²) in [6, 6.07) is 56.3. The van der Waals surface area contributed by atoms with Gasteiger partial charge in [0, 0.05) is 21.7 Å². The molecular formula is C51H34N4O. The van der Waals surface area contributed by atoms with Crippen molar-refractivity contribution in [2.75, 3.05) is 0 Å². The molecule has 0 fully saturated rings. The van der Waals surface area contributed by atoms with Gasteiger partial charge >= 0.3 is 0 Å². The number of aromatic nitrogens is 1. The summed E-state index contributed by atoms with van der Waals surface area (Å²) < 4.78 is 9.45. The Kier molecular flexibility index (Phi) is 6.75. The molecule has 1 atom stereocenters. The van der Waals surface area contributed by atoms with E-state index in [0.29, 0.717) is 5.84 Å². The molecule has 1 aliphatic carbocycles. The Bertz CT molecular complexity index is 3310. The van der Waals surface area contributed by atoms with Crippen molar-refractivity contribution in [1.29, 1.82) is 0 Å². The molecule has 1 aliphatic heterocycles. The standard InChI is InChI=1S/C51H34N4O/c1-3-13-33-27-37(23-21-31(33)11-1)49-52-50(38-24-22-32-12-2-4-14-34(32)28-38)54-51(53-49)41-25-26-45(55-43-19-9-7-17-39(43)40-18-8-10-20-44(40)55)47-42-29-35-15-5-6-16-36(35)30-46(42)56-48(41)47/h1-5,7-15,17-30,49H,6,16H2,(H,52,53,54). The lowest BCUT2D eigenvalue weighted by Crippen LogP contribution is -2.33. The van der Waals surface area contributed by atoms with E-state index in [1.165, 1.54) is 38.1 Å². The minimum atomic E-state index is -0.373. The third-order valence-corrected chi connectivity index (χ3v) is 11.7. The third-order valence-electron chi connectivity index (χ3n) is 11.7. The summed E-state index contributed by atoms with van der Waals surface area (Å²) in [5.74, 6) is 1.41. The van der Waals surface area contributed by atoms with Gasteiger partial charge in [0.25, 0.3) is 0 Å². The fourth-order valence-electron chi connectivity index (χ4n) is 8.93. The minimum Gasteiger partial charge on any atom is -0.455 e. The molecule has 3 heterocycles. The number of hydrogen-bond donors (Lipinski definition) is 1. The van der Waals surface area contributed by atoms with Crippen LogP contribution in [0.25, 0.3) is 77.1 Å². The molecule has 264 valence electrons. The number of rotatable bonds is 4. The second-order valence-electron chi connectivity index (χ2n) is 14.9. The molecule has 1 unspecified atom stereocenters. The topological polar surface area (TPSA) is 54.8 Å². The summed E-state index contributed by atoms with van der Waals surface area (Å²) >= 11 is 0. The number of fused-ring (bicyclic) bond motifs is 9. The van der Waals surface area contributed by atoms with E-state index in [4.69, 9.17) is 14.4 Å². The first-order valence-corrected chi connectivity index (χ1v) is 19.3.